The largest absolute Gasteiger partial charge is 0.454 e. The van der Waals surface area contributed by atoms with Gasteiger partial charge in [-0.1, -0.05) is 6.07 Å². The molecular weight excluding hydrogens is 230 g/mol. The third-order valence-corrected chi connectivity index (χ3v) is 3.74. The van der Waals surface area contributed by atoms with E-state index in [1.807, 2.05) is 18.2 Å². The molecule has 2 aliphatic rings. The predicted octanol–water partition coefficient (Wildman–Crippen LogP) is 1.84. The van der Waals surface area contributed by atoms with Crippen LogP contribution in [0.3, 0.4) is 0 Å². The molecule has 18 heavy (non-hydrogen) atoms. The summed E-state index contributed by atoms with van der Waals surface area (Å²) in [4.78, 5) is 0. The summed E-state index contributed by atoms with van der Waals surface area (Å²) in [5.74, 6) is 2.28. The molecule has 2 atom stereocenters. The maximum atomic E-state index is 10.1. The van der Waals surface area contributed by atoms with Gasteiger partial charge in [0, 0.05) is 12.6 Å². The topological polar surface area (TPSA) is 50.7 Å². The van der Waals surface area contributed by atoms with E-state index in [4.69, 9.17) is 9.47 Å². The van der Waals surface area contributed by atoms with Crippen molar-refractivity contribution in [1.82, 2.24) is 5.32 Å². The molecule has 1 aromatic rings. The van der Waals surface area contributed by atoms with Crippen LogP contribution >= 0.6 is 0 Å². The molecule has 1 heterocycles. The number of ether oxygens (including phenoxy) is 2. The van der Waals surface area contributed by atoms with Gasteiger partial charge in [0.2, 0.25) is 6.79 Å². The van der Waals surface area contributed by atoms with Gasteiger partial charge >= 0.3 is 0 Å². The lowest BCUT2D eigenvalue weighted by Gasteiger charge is -2.17. The molecule has 1 aromatic carbocycles. The Bertz CT molecular complexity index is 431. The maximum absolute atomic E-state index is 10.1. The average molecular weight is 249 g/mol. The molecule has 0 bridgehead atoms. The smallest absolute Gasteiger partial charge is 0.231 e. The van der Waals surface area contributed by atoms with Crippen LogP contribution in [-0.4, -0.2) is 24.5 Å². The van der Waals surface area contributed by atoms with E-state index in [0.717, 1.165) is 23.0 Å². The van der Waals surface area contributed by atoms with Gasteiger partial charge in [-0.2, -0.15) is 0 Å². The first-order valence-corrected chi connectivity index (χ1v) is 6.55. The van der Waals surface area contributed by atoms with Crippen LogP contribution < -0.4 is 14.8 Å². The monoisotopic (exact) mass is 249 g/mol. The lowest BCUT2D eigenvalue weighted by atomic mass is 10.1. The predicted molar refractivity (Wildman–Crippen MR) is 67.7 cm³/mol. The minimum atomic E-state index is -0.499. The summed E-state index contributed by atoms with van der Waals surface area (Å²) in [7, 11) is 0. The summed E-state index contributed by atoms with van der Waals surface area (Å²) in [5, 5.41) is 13.5. The molecule has 3 rings (SSSR count). The fourth-order valence-corrected chi connectivity index (χ4v) is 2.30. The van der Waals surface area contributed by atoms with E-state index in [-0.39, 0.29) is 6.79 Å². The molecule has 1 aliphatic heterocycles. The SMILES string of the molecule is CC(NCC(O)c1ccc2c(c1)OCO2)C1CC1. The summed E-state index contributed by atoms with van der Waals surface area (Å²) in [6.45, 7) is 3.03. The Labute approximate surface area is 107 Å². The highest BCUT2D eigenvalue weighted by molar-refractivity contribution is 5.45. The van der Waals surface area contributed by atoms with E-state index in [2.05, 4.69) is 12.2 Å². The molecule has 0 amide bonds. The number of aliphatic hydroxyl groups is 1. The van der Waals surface area contributed by atoms with Crippen LogP contribution in [0.1, 0.15) is 31.4 Å². The number of hydrogen-bond donors (Lipinski definition) is 2. The maximum Gasteiger partial charge on any atom is 0.231 e. The number of fused-ring (bicyclic) bond motifs is 1. The van der Waals surface area contributed by atoms with Crippen molar-refractivity contribution in [2.45, 2.75) is 31.9 Å². The lowest BCUT2D eigenvalue weighted by molar-refractivity contribution is 0.167. The normalized spacial score (nSPS) is 20.8. The second-order valence-electron chi connectivity index (χ2n) is 5.16. The van der Waals surface area contributed by atoms with Gasteiger partial charge in [0.25, 0.3) is 0 Å². The van der Waals surface area contributed by atoms with Crippen molar-refractivity contribution in [3.8, 4) is 11.5 Å². The van der Waals surface area contributed by atoms with Crippen molar-refractivity contribution in [3.05, 3.63) is 23.8 Å². The van der Waals surface area contributed by atoms with E-state index in [0.29, 0.717) is 12.6 Å². The Hall–Kier alpha value is -1.26. The Morgan fingerprint density at radius 2 is 2.11 bits per heavy atom. The van der Waals surface area contributed by atoms with Crippen molar-refractivity contribution in [2.75, 3.05) is 13.3 Å². The van der Waals surface area contributed by atoms with Crippen molar-refractivity contribution in [3.63, 3.8) is 0 Å². The van der Waals surface area contributed by atoms with Crippen LogP contribution in [-0.2, 0) is 0 Å². The number of rotatable bonds is 5. The summed E-state index contributed by atoms with van der Waals surface area (Å²) < 4.78 is 10.6. The Morgan fingerprint density at radius 1 is 1.33 bits per heavy atom. The minimum Gasteiger partial charge on any atom is -0.454 e. The molecule has 4 heteroatoms. The first kappa shape index (κ1) is 11.8. The number of hydrogen-bond acceptors (Lipinski definition) is 4. The standard InChI is InChI=1S/C14H19NO3/c1-9(10-2-3-10)15-7-12(16)11-4-5-13-14(6-11)18-8-17-13/h4-6,9-10,12,15-16H,2-3,7-8H2,1H3. The van der Waals surface area contributed by atoms with Gasteiger partial charge in [-0.3, -0.25) is 0 Å². The van der Waals surface area contributed by atoms with E-state index in [1.54, 1.807) is 0 Å². The van der Waals surface area contributed by atoms with Crippen LogP contribution in [0.2, 0.25) is 0 Å². The highest BCUT2D eigenvalue weighted by atomic mass is 16.7. The molecule has 2 N–H and O–H groups in total. The molecule has 98 valence electrons. The van der Waals surface area contributed by atoms with Gasteiger partial charge in [0.15, 0.2) is 11.5 Å². The Balaban J connectivity index is 1.59. The van der Waals surface area contributed by atoms with E-state index >= 15 is 0 Å². The van der Waals surface area contributed by atoms with Gasteiger partial charge in [-0.05, 0) is 43.4 Å². The van der Waals surface area contributed by atoms with Crippen LogP contribution in [0.25, 0.3) is 0 Å². The molecule has 2 unspecified atom stereocenters. The zero-order valence-electron chi connectivity index (χ0n) is 10.6. The molecule has 0 saturated heterocycles. The van der Waals surface area contributed by atoms with Gasteiger partial charge in [0.1, 0.15) is 0 Å². The first-order chi connectivity index (χ1) is 8.74. The quantitative estimate of drug-likeness (QED) is 0.836. The van der Waals surface area contributed by atoms with Gasteiger partial charge in [-0.25, -0.2) is 0 Å². The summed E-state index contributed by atoms with van der Waals surface area (Å²) >= 11 is 0. The molecule has 4 nitrogen and oxygen atoms in total. The van der Waals surface area contributed by atoms with Gasteiger partial charge < -0.3 is 19.9 Å². The van der Waals surface area contributed by atoms with Gasteiger partial charge in [-0.15, -0.1) is 0 Å². The van der Waals surface area contributed by atoms with E-state index < -0.39 is 6.10 Å². The summed E-state index contributed by atoms with van der Waals surface area (Å²) in [5.41, 5.74) is 0.870. The second kappa shape index (κ2) is 4.78. The average Bonchev–Trinajstić information content (AvgIpc) is 3.13. The van der Waals surface area contributed by atoms with Crippen molar-refractivity contribution >= 4 is 0 Å². The Kier molecular flexibility index (Phi) is 3.14. The van der Waals surface area contributed by atoms with E-state index in [9.17, 15) is 5.11 Å². The van der Waals surface area contributed by atoms with Crippen LogP contribution in [0.5, 0.6) is 11.5 Å². The van der Waals surface area contributed by atoms with Crippen LogP contribution in [0.15, 0.2) is 18.2 Å². The van der Waals surface area contributed by atoms with Crippen LogP contribution in [0, 0.1) is 5.92 Å². The number of benzene rings is 1. The lowest BCUT2D eigenvalue weighted by Crippen LogP contribution is -2.31. The molecule has 1 saturated carbocycles. The zero-order valence-corrected chi connectivity index (χ0v) is 10.6. The fourth-order valence-electron chi connectivity index (χ4n) is 2.30. The molecule has 1 aliphatic carbocycles. The van der Waals surface area contributed by atoms with Crippen molar-refractivity contribution in [2.24, 2.45) is 5.92 Å². The fraction of sp³-hybridized carbons (Fsp3) is 0.571. The third-order valence-electron chi connectivity index (χ3n) is 3.74. The van der Waals surface area contributed by atoms with Crippen molar-refractivity contribution in [1.29, 1.82) is 0 Å². The third kappa shape index (κ3) is 2.44. The molecule has 0 spiro atoms. The molecule has 0 radical (unpaired) electrons. The molecule has 0 aromatic heterocycles. The van der Waals surface area contributed by atoms with Gasteiger partial charge in [0.05, 0.1) is 6.10 Å². The van der Waals surface area contributed by atoms with Crippen molar-refractivity contribution < 1.29 is 14.6 Å². The minimum absolute atomic E-state index is 0.270. The number of nitrogens with one attached hydrogen (secondary N) is 1. The highest BCUT2D eigenvalue weighted by Crippen LogP contribution is 2.35. The highest BCUT2D eigenvalue weighted by Gasteiger charge is 2.28. The molecular formula is C14H19NO3. The van der Waals surface area contributed by atoms with E-state index in [1.165, 1.54) is 12.8 Å². The second-order valence-corrected chi connectivity index (χ2v) is 5.16. The summed E-state index contributed by atoms with van der Waals surface area (Å²) in [6, 6.07) is 6.09. The molecule has 1 fully saturated rings. The van der Waals surface area contributed by atoms with Crippen LogP contribution in [0.4, 0.5) is 0 Å². The Morgan fingerprint density at radius 3 is 2.89 bits per heavy atom. The summed E-state index contributed by atoms with van der Waals surface area (Å²) in [6.07, 6.45) is 2.13. The zero-order chi connectivity index (χ0) is 12.5. The number of aliphatic hydroxyl groups excluding tert-OH is 1. The first-order valence-electron chi connectivity index (χ1n) is 6.55.